The average Bonchev–Trinajstić information content (AvgIpc) is 3.55. The zero-order chi connectivity index (χ0) is 17.6. The van der Waals surface area contributed by atoms with E-state index >= 15 is 0 Å². The van der Waals surface area contributed by atoms with Crippen molar-refractivity contribution in [1.82, 2.24) is 0 Å². The van der Waals surface area contributed by atoms with Crippen molar-refractivity contribution in [3.05, 3.63) is 114 Å². The minimum atomic E-state index is 0.104. The van der Waals surface area contributed by atoms with Crippen LogP contribution in [-0.4, -0.2) is 0 Å². The Balaban J connectivity index is 1.81. The molecular formula is C26H22. The highest BCUT2D eigenvalue weighted by atomic mass is 14.2. The minimum absolute atomic E-state index is 0.104. The number of hydrogen-bond donors (Lipinski definition) is 0. The molecule has 1 fully saturated rings. The fourth-order valence-electron chi connectivity index (χ4n) is 3.08. The third-order valence-corrected chi connectivity index (χ3v) is 4.68. The van der Waals surface area contributed by atoms with E-state index in [1.807, 2.05) is 0 Å². The van der Waals surface area contributed by atoms with Gasteiger partial charge in [-0.2, -0.15) is 0 Å². The highest BCUT2D eigenvalue weighted by molar-refractivity contribution is 5.80. The number of rotatable bonds is 4. The Labute approximate surface area is 156 Å². The highest BCUT2D eigenvalue weighted by Gasteiger charge is 2.18. The van der Waals surface area contributed by atoms with E-state index in [9.17, 15) is 0 Å². The SMILES string of the molecule is C(#CC(C=C(c1ccccc1)c1ccccc1)c1ccccc1)C1CC1. The van der Waals surface area contributed by atoms with Crippen LogP contribution in [0.2, 0.25) is 0 Å². The molecule has 3 aromatic rings. The van der Waals surface area contributed by atoms with Gasteiger partial charge in [-0.05, 0) is 35.1 Å². The second kappa shape index (κ2) is 7.89. The van der Waals surface area contributed by atoms with Gasteiger partial charge in [0, 0.05) is 5.92 Å². The summed E-state index contributed by atoms with van der Waals surface area (Å²) in [6.45, 7) is 0. The minimum Gasteiger partial charge on any atom is -0.0989 e. The molecule has 1 aliphatic carbocycles. The van der Waals surface area contributed by atoms with Crippen LogP contribution in [0.15, 0.2) is 97.1 Å². The molecule has 0 N–H and O–H groups in total. The predicted molar refractivity (Wildman–Crippen MR) is 110 cm³/mol. The van der Waals surface area contributed by atoms with Gasteiger partial charge in [0.2, 0.25) is 0 Å². The molecule has 0 bridgehead atoms. The van der Waals surface area contributed by atoms with E-state index in [1.165, 1.54) is 35.1 Å². The van der Waals surface area contributed by atoms with Crippen molar-refractivity contribution in [2.24, 2.45) is 5.92 Å². The molecule has 3 aromatic carbocycles. The summed E-state index contributed by atoms with van der Waals surface area (Å²) in [4.78, 5) is 0. The molecule has 0 aromatic heterocycles. The molecule has 0 aliphatic heterocycles. The van der Waals surface area contributed by atoms with Crippen LogP contribution < -0.4 is 0 Å². The summed E-state index contributed by atoms with van der Waals surface area (Å²) >= 11 is 0. The summed E-state index contributed by atoms with van der Waals surface area (Å²) in [5.41, 5.74) is 4.95. The number of allylic oxidation sites excluding steroid dienone is 1. The summed E-state index contributed by atoms with van der Waals surface area (Å²) in [6, 6.07) is 31.8. The Bertz CT molecular complexity index is 879. The van der Waals surface area contributed by atoms with Crippen molar-refractivity contribution in [3.63, 3.8) is 0 Å². The largest absolute Gasteiger partial charge is 0.0989 e. The van der Waals surface area contributed by atoms with Crippen LogP contribution in [0.3, 0.4) is 0 Å². The molecule has 126 valence electrons. The maximum Gasteiger partial charge on any atom is 0.0642 e. The average molecular weight is 334 g/mol. The van der Waals surface area contributed by atoms with Crippen LogP contribution >= 0.6 is 0 Å². The standard InChI is InChI=1S/C26H22/c1-4-10-22(11-5-1)25(19-18-21-16-17-21)20-26(23-12-6-2-7-13-23)24-14-8-3-9-15-24/h1-15,20-21,25H,16-17H2. The van der Waals surface area contributed by atoms with Crippen molar-refractivity contribution in [1.29, 1.82) is 0 Å². The van der Waals surface area contributed by atoms with Crippen LogP contribution in [0, 0.1) is 17.8 Å². The fraction of sp³-hybridized carbons (Fsp3) is 0.154. The lowest BCUT2D eigenvalue weighted by Crippen LogP contribution is -1.96. The van der Waals surface area contributed by atoms with Crippen molar-refractivity contribution in [2.45, 2.75) is 18.8 Å². The molecule has 0 saturated heterocycles. The summed E-state index contributed by atoms with van der Waals surface area (Å²) < 4.78 is 0. The van der Waals surface area contributed by atoms with Crippen molar-refractivity contribution in [3.8, 4) is 11.8 Å². The van der Waals surface area contributed by atoms with Gasteiger partial charge in [0.05, 0.1) is 5.92 Å². The third kappa shape index (κ3) is 4.13. The molecule has 1 saturated carbocycles. The van der Waals surface area contributed by atoms with Gasteiger partial charge in [-0.15, -0.1) is 0 Å². The first-order valence-electron chi connectivity index (χ1n) is 9.29. The van der Waals surface area contributed by atoms with Gasteiger partial charge in [0.25, 0.3) is 0 Å². The van der Waals surface area contributed by atoms with Crippen LogP contribution in [0.25, 0.3) is 5.57 Å². The lowest BCUT2D eigenvalue weighted by Gasteiger charge is -2.13. The first kappa shape index (κ1) is 16.4. The van der Waals surface area contributed by atoms with Crippen molar-refractivity contribution < 1.29 is 0 Å². The molecular weight excluding hydrogens is 312 g/mol. The molecule has 0 heterocycles. The van der Waals surface area contributed by atoms with Crippen LogP contribution in [0.5, 0.6) is 0 Å². The molecule has 26 heavy (non-hydrogen) atoms. The maximum absolute atomic E-state index is 3.54. The maximum atomic E-state index is 3.54. The summed E-state index contributed by atoms with van der Waals surface area (Å²) in [6.07, 6.45) is 4.83. The van der Waals surface area contributed by atoms with Crippen LogP contribution in [0.4, 0.5) is 0 Å². The lowest BCUT2D eigenvalue weighted by molar-refractivity contribution is 1.10. The first-order valence-corrected chi connectivity index (χ1v) is 9.29. The zero-order valence-corrected chi connectivity index (χ0v) is 14.8. The second-order valence-electron chi connectivity index (χ2n) is 6.76. The monoisotopic (exact) mass is 334 g/mol. The number of benzene rings is 3. The van der Waals surface area contributed by atoms with Gasteiger partial charge >= 0.3 is 0 Å². The van der Waals surface area contributed by atoms with Crippen LogP contribution in [0.1, 0.15) is 35.4 Å². The molecule has 0 spiro atoms. The molecule has 0 nitrogen and oxygen atoms in total. The molecule has 0 amide bonds. The topological polar surface area (TPSA) is 0 Å². The van der Waals surface area contributed by atoms with Crippen molar-refractivity contribution in [2.75, 3.05) is 0 Å². The van der Waals surface area contributed by atoms with Gasteiger partial charge in [-0.1, -0.05) is 109 Å². The summed E-state index contributed by atoms with van der Waals surface area (Å²) in [5.74, 6) is 7.72. The van der Waals surface area contributed by atoms with E-state index in [4.69, 9.17) is 0 Å². The molecule has 4 rings (SSSR count). The highest BCUT2D eigenvalue weighted by Crippen LogP contribution is 2.31. The van der Waals surface area contributed by atoms with Gasteiger partial charge in [-0.25, -0.2) is 0 Å². The Morgan fingerprint density at radius 2 is 1.23 bits per heavy atom. The Hall–Kier alpha value is -3.04. The van der Waals surface area contributed by atoms with Crippen LogP contribution in [-0.2, 0) is 0 Å². The van der Waals surface area contributed by atoms with E-state index in [-0.39, 0.29) is 5.92 Å². The molecule has 1 aliphatic rings. The van der Waals surface area contributed by atoms with E-state index in [0.29, 0.717) is 5.92 Å². The van der Waals surface area contributed by atoms with E-state index in [1.54, 1.807) is 0 Å². The zero-order valence-electron chi connectivity index (χ0n) is 14.8. The first-order chi connectivity index (χ1) is 12.9. The third-order valence-electron chi connectivity index (χ3n) is 4.68. The quantitative estimate of drug-likeness (QED) is 0.490. The normalized spacial score (nSPS) is 14.0. The Morgan fingerprint density at radius 1 is 0.731 bits per heavy atom. The predicted octanol–water partition coefficient (Wildman–Crippen LogP) is 6.32. The number of hydrogen-bond acceptors (Lipinski definition) is 0. The van der Waals surface area contributed by atoms with Crippen molar-refractivity contribution >= 4 is 5.57 Å². The Kier molecular flexibility index (Phi) is 4.99. The van der Waals surface area contributed by atoms with E-state index in [0.717, 1.165) is 0 Å². The molecule has 0 radical (unpaired) electrons. The summed E-state index contributed by atoms with van der Waals surface area (Å²) in [7, 11) is 0. The van der Waals surface area contributed by atoms with Gasteiger partial charge in [0.1, 0.15) is 0 Å². The van der Waals surface area contributed by atoms with Gasteiger partial charge in [-0.3, -0.25) is 0 Å². The molecule has 1 atom stereocenters. The molecule has 1 unspecified atom stereocenters. The van der Waals surface area contributed by atoms with Gasteiger partial charge in [0.15, 0.2) is 0 Å². The smallest absolute Gasteiger partial charge is 0.0642 e. The van der Waals surface area contributed by atoms with E-state index in [2.05, 4.69) is 109 Å². The molecule has 0 heteroatoms. The lowest BCUT2D eigenvalue weighted by atomic mass is 9.90. The fourth-order valence-corrected chi connectivity index (χ4v) is 3.08. The van der Waals surface area contributed by atoms with E-state index < -0.39 is 0 Å². The Morgan fingerprint density at radius 3 is 1.73 bits per heavy atom. The second-order valence-corrected chi connectivity index (χ2v) is 6.76. The van der Waals surface area contributed by atoms with Gasteiger partial charge < -0.3 is 0 Å². The summed E-state index contributed by atoms with van der Waals surface area (Å²) in [5, 5.41) is 0.